The van der Waals surface area contributed by atoms with Gasteiger partial charge in [-0.25, -0.2) is 4.98 Å². The van der Waals surface area contributed by atoms with Crippen LogP contribution in [-0.4, -0.2) is 45.4 Å². The van der Waals surface area contributed by atoms with Crippen LogP contribution in [-0.2, 0) is 22.6 Å². The summed E-state index contributed by atoms with van der Waals surface area (Å²) in [6, 6.07) is 0.148. The lowest BCUT2D eigenvalue weighted by Gasteiger charge is -2.25. The van der Waals surface area contributed by atoms with Crippen molar-refractivity contribution < 1.29 is 9.59 Å². The van der Waals surface area contributed by atoms with Crippen molar-refractivity contribution in [3.63, 3.8) is 0 Å². The number of aryl methyl sites for hydroxylation is 1. The van der Waals surface area contributed by atoms with Gasteiger partial charge >= 0.3 is 0 Å². The fraction of sp³-hybridized carbons (Fsp3) is 0.643. The molecule has 2 amide bonds. The summed E-state index contributed by atoms with van der Waals surface area (Å²) in [5.41, 5.74) is 0. The Morgan fingerprint density at radius 1 is 1.50 bits per heavy atom. The number of imidazole rings is 1. The topological polar surface area (TPSA) is 67.2 Å². The van der Waals surface area contributed by atoms with E-state index in [0.717, 1.165) is 25.2 Å². The van der Waals surface area contributed by atoms with E-state index in [4.69, 9.17) is 0 Å². The molecule has 2 atom stereocenters. The van der Waals surface area contributed by atoms with E-state index in [9.17, 15) is 9.59 Å². The minimum Gasteiger partial charge on any atom is -0.351 e. The molecule has 0 aromatic carbocycles. The number of hydrogen-bond acceptors (Lipinski definition) is 3. The molecular weight excluding hydrogens is 256 g/mol. The van der Waals surface area contributed by atoms with Gasteiger partial charge < -0.3 is 14.8 Å². The smallest absolute Gasteiger partial charge is 0.225 e. The number of carbonyl (C=O) groups excluding carboxylic acids is 2. The second-order valence-corrected chi connectivity index (χ2v) is 5.57. The zero-order chi connectivity index (χ0) is 14.1. The van der Waals surface area contributed by atoms with E-state index in [1.165, 1.54) is 0 Å². The highest BCUT2D eigenvalue weighted by Gasteiger charge is 2.34. The molecule has 2 aliphatic rings. The van der Waals surface area contributed by atoms with Gasteiger partial charge in [0.25, 0.3) is 0 Å². The molecule has 6 heteroatoms. The first-order chi connectivity index (χ1) is 9.67. The van der Waals surface area contributed by atoms with Gasteiger partial charge in [-0.1, -0.05) is 0 Å². The predicted octanol–water partition coefficient (Wildman–Crippen LogP) is 0.182. The summed E-state index contributed by atoms with van der Waals surface area (Å²) in [5.74, 6) is 1.01. The Bertz CT molecular complexity index is 525. The molecule has 0 radical (unpaired) electrons. The largest absolute Gasteiger partial charge is 0.351 e. The van der Waals surface area contributed by atoms with Crippen LogP contribution in [0.15, 0.2) is 12.4 Å². The average molecular weight is 276 g/mol. The fourth-order valence-corrected chi connectivity index (χ4v) is 3.06. The SMILES string of the molecule is CCN1C[C@H](C(=O)N[C@H]2CCc3nccn3C2)CC1=O. The highest BCUT2D eigenvalue weighted by atomic mass is 16.2. The Morgan fingerprint density at radius 3 is 3.10 bits per heavy atom. The third kappa shape index (κ3) is 2.42. The van der Waals surface area contributed by atoms with Crippen LogP contribution in [0, 0.1) is 5.92 Å². The maximum absolute atomic E-state index is 12.3. The average Bonchev–Trinajstić information content (AvgIpc) is 3.04. The maximum Gasteiger partial charge on any atom is 0.225 e. The summed E-state index contributed by atoms with van der Waals surface area (Å²) in [7, 11) is 0. The highest BCUT2D eigenvalue weighted by molar-refractivity contribution is 5.89. The summed E-state index contributed by atoms with van der Waals surface area (Å²) >= 11 is 0. The van der Waals surface area contributed by atoms with Gasteiger partial charge in [0.1, 0.15) is 5.82 Å². The molecule has 1 fully saturated rings. The minimum absolute atomic E-state index is 0.0165. The first-order valence-corrected chi connectivity index (χ1v) is 7.25. The molecule has 2 aliphatic heterocycles. The molecule has 0 bridgehead atoms. The third-order valence-electron chi connectivity index (χ3n) is 4.25. The van der Waals surface area contributed by atoms with E-state index in [1.807, 2.05) is 13.1 Å². The number of likely N-dealkylation sites (tertiary alicyclic amines) is 1. The van der Waals surface area contributed by atoms with Crippen molar-refractivity contribution in [2.24, 2.45) is 5.92 Å². The molecular formula is C14H20N4O2. The number of hydrogen-bond donors (Lipinski definition) is 1. The molecule has 1 aromatic rings. The lowest BCUT2D eigenvalue weighted by molar-refractivity contribution is -0.129. The molecule has 0 unspecified atom stereocenters. The van der Waals surface area contributed by atoms with E-state index < -0.39 is 0 Å². The van der Waals surface area contributed by atoms with Gasteiger partial charge in [0.15, 0.2) is 0 Å². The Balaban J connectivity index is 1.57. The fourth-order valence-electron chi connectivity index (χ4n) is 3.06. The summed E-state index contributed by atoms with van der Waals surface area (Å²) in [5, 5.41) is 3.09. The number of carbonyl (C=O) groups is 2. The van der Waals surface area contributed by atoms with Crippen molar-refractivity contribution in [2.75, 3.05) is 13.1 Å². The van der Waals surface area contributed by atoms with Crippen molar-refractivity contribution in [2.45, 2.75) is 38.8 Å². The zero-order valence-corrected chi connectivity index (χ0v) is 11.7. The van der Waals surface area contributed by atoms with Gasteiger partial charge in [0, 0.05) is 50.9 Å². The molecule has 20 heavy (non-hydrogen) atoms. The van der Waals surface area contributed by atoms with E-state index in [-0.39, 0.29) is 23.8 Å². The summed E-state index contributed by atoms with van der Waals surface area (Å²) in [4.78, 5) is 30.0. The molecule has 6 nitrogen and oxygen atoms in total. The minimum atomic E-state index is -0.188. The van der Waals surface area contributed by atoms with Crippen molar-refractivity contribution in [3.8, 4) is 0 Å². The maximum atomic E-state index is 12.3. The summed E-state index contributed by atoms with van der Waals surface area (Å²) in [6.45, 7) is 3.97. The van der Waals surface area contributed by atoms with Crippen LogP contribution in [0.4, 0.5) is 0 Å². The van der Waals surface area contributed by atoms with Crippen molar-refractivity contribution >= 4 is 11.8 Å². The Hall–Kier alpha value is -1.85. The highest BCUT2D eigenvalue weighted by Crippen LogP contribution is 2.19. The second-order valence-electron chi connectivity index (χ2n) is 5.57. The number of nitrogens with zero attached hydrogens (tertiary/aromatic N) is 3. The number of nitrogens with one attached hydrogen (secondary N) is 1. The van der Waals surface area contributed by atoms with Crippen LogP contribution in [0.3, 0.4) is 0 Å². The number of aromatic nitrogens is 2. The van der Waals surface area contributed by atoms with Crippen LogP contribution >= 0.6 is 0 Å². The molecule has 3 heterocycles. The van der Waals surface area contributed by atoms with Gasteiger partial charge in [-0.3, -0.25) is 9.59 Å². The van der Waals surface area contributed by atoms with Gasteiger partial charge in [0.05, 0.1) is 5.92 Å². The van der Waals surface area contributed by atoms with E-state index >= 15 is 0 Å². The van der Waals surface area contributed by atoms with E-state index in [1.54, 1.807) is 11.1 Å². The van der Waals surface area contributed by atoms with Crippen LogP contribution in [0.2, 0.25) is 0 Å². The molecule has 0 saturated carbocycles. The number of fused-ring (bicyclic) bond motifs is 1. The van der Waals surface area contributed by atoms with Crippen molar-refractivity contribution in [3.05, 3.63) is 18.2 Å². The lowest BCUT2D eigenvalue weighted by atomic mass is 10.0. The van der Waals surface area contributed by atoms with Crippen LogP contribution < -0.4 is 5.32 Å². The van der Waals surface area contributed by atoms with Gasteiger partial charge in [-0.15, -0.1) is 0 Å². The standard InChI is InChI=1S/C14H20N4O2/c1-2-17-8-10(7-13(17)19)14(20)16-11-3-4-12-15-5-6-18(12)9-11/h5-6,10-11H,2-4,7-9H2,1H3,(H,16,20)/t10-,11+/m1/s1. The van der Waals surface area contributed by atoms with E-state index in [2.05, 4.69) is 14.9 Å². The quantitative estimate of drug-likeness (QED) is 0.856. The van der Waals surface area contributed by atoms with Gasteiger partial charge in [0.2, 0.25) is 11.8 Å². The van der Waals surface area contributed by atoms with Crippen LogP contribution in [0.25, 0.3) is 0 Å². The van der Waals surface area contributed by atoms with Crippen molar-refractivity contribution in [1.82, 2.24) is 19.8 Å². The zero-order valence-electron chi connectivity index (χ0n) is 11.7. The molecule has 0 spiro atoms. The van der Waals surface area contributed by atoms with Gasteiger partial charge in [-0.2, -0.15) is 0 Å². The first kappa shape index (κ1) is 13.1. The molecule has 1 saturated heterocycles. The Morgan fingerprint density at radius 2 is 2.35 bits per heavy atom. The number of amides is 2. The predicted molar refractivity (Wildman–Crippen MR) is 72.8 cm³/mol. The van der Waals surface area contributed by atoms with E-state index in [0.29, 0.717) is 19.5 Å². The molecule has 1 N–H and O–H groups in total. The van der Waals surface area contributed by atoms with Crippen molar-refractivity contribution in [1.29, 1.82) is 0 Å². The third-order valence-corrected chi connectivity index (χ3v) is 4.25. The molecule has 1 aromatic heterocycles. The first-order valence-electron chi connectivity index (χ1n) is 7.25. The molecule has 0 aliphatic carbocycles. The summed E-state index contributed by atoms with van der Waals surface area (Å²) < 4.78 is 2.09. The van der Waals surface area contributed by atoms with Gasteiger partial charge in [-0.05, 0) is 13.3 Å². The number of rotatable bonds is 3. The van der Waals surface area contributed by atoms with Crippen LogP contribution in [0.5, 0.6) is 0 Å². The Labute approximate surface area is 118 Å². The summed E-state index contributed by atoms with van der Waals surface area (Å²) in [6.07, 6.45) is 5.91. The Kier molecular flexibility index (Phi) is 3.46. The lowest BCUT2D eigenvalue weighted by Crippen LogP contribution is -2.44. The monoisotopic (exact) mass is 276 g/mol. The second kappa shape index (κ2) is 5.26. The molecule has 3 rings (SSSR count). The normalized spacial score (nSPS) is 25.6. The molecule has 108 valence electrons. The van der Waals surface area contributed by atoms with Crippen LogP contribution in [0.1, 0.15) is 25.6 Å².